The van der Waals surface area contributed by atoms with Gasteiger partial charge in [-0.2, -0.15) is 0 Å². The van der Waals surface area contributed by atoms with Crippen LogP contribution in [0.2, 0.25) is 0 Å². The lowest BCUT2D eigenvalue weighted by atomic mass is 10.3. The number of hydrazine groups is 1. The normalized spacial score (nSPS) is 16.2. The Morgan fingerprint density at radius 3 is 3.12 bits per heavy atom. The Bertz CT molecular complexity index is 558. The van der Waals surface area contributed by atoms with E-state index in [9.17, 15) is 0 Å². The fraction of sp³-hybridized carbons (Fsp3) is 0.273. The molecule has 1 aliphatic rings. The van der Waals surface area contributed by atoms with Crippen molar-refractivity contribution in [2.45, 2.75) is 18.9 Å². The predicted octanol–water partition coefficient (Wildman–Crippen LogP) is 1.69. The number of thiazole rings is 1. The standard InChI is InChI=1S/C11H13N5S/c12-16-11(14-7-1-2-7)15-8-3-4-9-10(5-8)17-6-13-9/h3-7H,1-2,12H2,(H2,14,15,16). The van der Waals surface area contributed by atoms with Crippen LogP contribution in [0, 0.1) is 0 Å². The van der Waals surface area contributed by atoms with Crippen LogP contribution in [0.1, 0.15) is 12.8 Å². The molecule has 0 spiro atoms. The van der Waals surface area contributed by atoms with E-state index in [1.807, 2.05) is 23.7 Å². The third-order valence-corrected chi connectivity index (χ3v) is 3.38. The number of nitrogens with one attached hydrogen (secondary N) is 2. The van der Waals surface area contributed by atoms with Gasteiger partial charge in [0.25, 0.3) is 0 Å². The summed E-state index contributed by atoms with van der Waals surface area (Å²) in [7, 11) is 0. The molecule has 1 aliphatic carbocycles. The molecule has 6 heteroatoms. The number of guanidine groups is 1. The largest absolute Gasteiger partial charge is 0.325 e. The molecule has 0 unspecified atom stereocenters. The first-order chi connectivity index (χ1) is 8.35. The number of benzene rings is 1. The summed E-state index contributed by atoms with van der Waals surface area (Å²) in [6.45, 7) is 0. The molecule has 17 heavy (non-hydrogen) atoms. The molecule has 0 aliphatic heterocycles. The number of nitrogens with two attached hydrogens (primary N) is 1. The zero-order valence-electron chi connectivity index (χ0n) is 9.18. The van der Waals surface area contributed by atoms with Crippen LogP contribution in [0.15, 0.2) is 28.7 Å². The molecule has 3 rings (SSSR count). The van der Waals surface area contributed by atoms with Crippen molar-refractivity contribution < 1.29 is 0 Å². The number of fused-ring (bicyclic) bond motifs is 1. The van der Waals surface area contributed by atoms with Gasteiger partial charge in [-0.1, -0.05) is 0 Å². The summed E-state index contributed by atoms with van der Waals surface area (Å²) in [6, 6.07) is 6.44. The highest BCUT2D eigenvalue weighted by Gasteiger charge is 2.20. The third kappa shape index (κ3) is 2.37. The zero-order valence-corrected chi connectivity index (χ0v) is 10.00. The summed E-state index contributed by atoms with van der Waals surface area (Å²) in [6.07, 6.45) is 2.31. The predicted molar refractivity (Wildman–Crippen MR) is 71.0 cm³/mol. The Morgan fingerprint density at radius 1 is 1.47 bits per heavy atom. The Labute approximate surface area is 103 Å². The number of aliphatic imine (C=N–C) groups is 1. The van der Waals surface area contributed by atoms with Gasteiger partial charge in [0, 0.05) is 5.69 Å². The van der Waals surface area contributed by atoms with E-state index in [-0.39, 0.29) is 0 Å². The second-order valence-electron chi connectivity index (χ2n) is 4.01. The molecule has 1 aromatic heterocycles. The lowest BCUT2D eigenvalue weighted by Gasteiger charge is -2.08. The minimum Gasteiger partial charge on any atom is -0.325 e. The van der Waals surface area contributed by atoms with Crippen molar-refractivity contribution in [3.63, 3.8) is 0 Å². The summed E-state index contributed by atoms with van der Waals surface area (Å²) >= 11 is 1.62. The van der Waals surface area contributed by atoms with Crippen LogP contribution in [-0.4, -0.2) is 17.0 Å². The molecular formula is C11H13N5S. The first kappa shape index (κ1) is 10.5. The average molecular weight is 247 g/mol. The first-order valence-electron chi connectivity index (χ1n) is 5.50. The summed E-state index contributed by atoms with van der Waals surface area (Å²) in [5, 5.41) is 3.17. The summed E-state index contributed by atoms with van der Waals surface area (Å²) in [5.41, 5.74) is 6.42. The first-order valence-corrected chi connectivity index (χ1v) is 6.38. The van der Waals surface area contributed by atoms with E-state index in [0.29, 0.717) is 12.0 Å². The number of hydrogen-bond donors (Lipinski definition) is 3. The highest BCUT2D eigenvalue weighted by molar-refractivity contribution is 7.16. The van der Waals surface area contributed by atoms with Crippen LogP contribution < -0.4 is 16.6 Å². The number of aromatic nitrogens is 1. The fourth-order valence-corrected chi connectivity index (χ4v) is 2.28. The van der Waals surface area contributed by atoms with E-state index in [2.05, 4.69) is 20.7 Å². The van der Waals surface area contributed by atoms with E-state index in [4.69, 9.17) is 5.84 Å². The maximum absolute atomic E-state index is 5.44. The van der Waals surface area contributed by atoms with Gasteiger partial charge in [0.05, 0.1) is 21.8 Å². The van der Waals surface area contributed by atoms with Gasteiger partial charge in [-0.25, -0.2) is 15.8 Å². The molecule has 0 saturated heterocycles. The van der Waals surface area contributed by atoms with Crippen LogP contribution >= 0.6 is 11.3 Å². The van der Waals surface area contributed by atoms with Gasteiger partial charge < -0.3 is 5.32 Å². The smallest absolute Gasteiger partial charge is 0.210 e. The summed E-state index contributed by atoms with van der Waals surface area (Å²) in [4.78, 5) is 8.66. The van der Waals surface area contributed by atoms with Crippen LogP contribution in [0.25, 0.3) is 10.2 Å². The van der Waals surface area contributed by atoms with Gasteiger partial charge in [-0.15, -0.1) is 11.3 Å². The molecule has 2 aromatic rings. The van der Waals surface area contributed by atoms with Crippen molar-refractivity contribution in [2.24, 2.45) is 10.8 Å². The molecule has 1 saturated carbocycles. The zero-order chi connectivity index (χ0) is 11.7. The molecular weight excluding hydrogens is 234 g/mol. The van der Waals surface area contributed by atoms with Crippen molar-refractivity contribution >= 4 is 33.2 Å². The number of anilines is 1. The SMILES string of the molecule is NNC(=NC1CC1)Nc1ccc2ncsc2c1. The maximum atomic E-state index is 5.44. The van der Waals surface area contributed by atoms with E-state index in [0.717, 1.165) is 28.7 Å². The highest BCUT2D eigenvalue weighted by Crippen LogP contribution is 2.24. The fourth-order valence-electron chi connectivity index (χ4n) is 1.56. The molecule has 4 N–H and O–H groups in total. The van der Waals surface area contributed by atoms with Crippen molar-refractivity contribution in [2.75, 3.05) is 5.32 Å². The lowest BCUT2D eigenvalue weighted by molar-refractivity contribution is 0.966. The van der Waals surface area contributed by atoms with E-state index < -0.39 is 0 Å². The van der Waals surface area contributed by atoms with Gasteiger partial charge in [0.1, 0.15) is 0 Å². The minimum atomic E-state index is 0.431. The van der Waals surface area contributed by atoms with Gasteiger partial charge in [-0.3, -0.25) is 5.43 Å². The topological polar surface area (TPSA) is 75.3 Å². The molecule has 5 nitrogen and oxygen atoms in total. The van der Waals surface area contributed by atoms with E-state index in [1.54, 1.807) is 11.3 Å². The Morgan fingerprint density at radius 2 is 2.35 bits per heavy atom. The van der Waals surface area contributed by atoms with Crippen LogP contribution in [0.5, 0.6) is 0 Å². The third-order valence-electron chi connectivity index (χ3n) is 2.59. The Kier molecular flexibility index (Phi) is 2.66. The second kappa shape index (κ2) is 4.31. The number of hydrogen-bond acceptors (Lipinski definition) is 4. The quantitative estimate of drug-likeness (QED) is 0.327. The molecule has 1 fully saturated rings. The molecule has 0 amide bonds. The van der Waals surface area contributed by atoms with Gasteiger partial charge >= 0.3 is 0 Å². The molecule has 0 bridgehead atoms. The van der Waals surface area contributed by atoms with Gasteiger partial charge in [0.15, 0.2) is 0 Å². The van der Waals surface area contributed by atoms with Crippen molar-refractivity contribution in [1.82, 2.24) is 10.4 Å². The molecule has 88 valence electrons. The molecule has 1 aromatic carbocycles. The monoisotopic (exact) mass is 247 g/mol. The van der Waals surface area contributed by atoms with Crippen molar-refractivity contribution in [3.05, 3.63) is 23.7 Å². The maximum Gasteiger partial charge on any atom is 0.210 e. The molecule has 1 heterocycles. The van der Waals surface area contributed by atoms with Gasteiger partial charge in [0.2, 0.25) is 5.96 Å². The minimum absolute atomic E-state index is 0.431. The summed E-state index contributed by atoms with van der Waals surface area (Å²) < 4.78 is 1.15. The van der Waals surface area contributed by atoms with E-state index >= 15 is 0 Å². The number of rotatable bonds is 2. The van der Waals surface area contributed by atoms with Crippen molar-refractivity contribution in [3.8, 4) is 0 Å². The van der Waals surface area contributed by atoms with Crippen LogP contribution in [0.3, 0.4) is 0 Å². The molecule has 0 radical (unpaired) electrons. The van der Waals surface area contributed by atoms with Crippen LogP contribution in [0.4, 0.5) is 5.69 Å². The lowest BCUT2D eigenvalue weighted by Crippen LogP contribution is -2.36. The van der Waals surface area contributed by atoms with Gasteiger partial charge in [-0.05, 0) is 31.0 Å². The Balaban J connectivity index is 1.82. The highest BCUT2D eigenvalue weighted by atomic mass is 32.1. The number of nitrogens with zero attached hydrogens (tertiary/aromatic N) is 2. The van der Waals surface area contributed by atoms with Crippen molar-refractivity contribution in [1.29, 1.82) is 0 Å². The Hall–Kier alpha value is -1.66. The molecule has 0 atom stereocenters. The van der Waals surface area contributed by atoms with Crippen LogP contribution in [-0.2, 0) is 0 Å². The average Bonchev–Trinajstić information content (AvgIpc) is 3.04. The summed E-state index contributed by atoms with van der Waals surface area (Å²) in [5.74, 6) is 6.06. The second-order valence-corrected chi connectivity index (χ2v) is 4.90. The van der Waals surface area contributed by atoms with E-state index in [1.165, 1.54) is 0 Å².